The van der Waals surface area contributed by atoms with Crippen LogP contribution in [-0.2, 0) is 6.54 Å². The number of ketones is 1. The minimum Gasteiger partial charge on any atom is -0.493 e. The number of aryl methyl sites for hydroxylation is 2. The van der Waals surface area contributed by atoms with Gasteiger partial charge in [0.15, 0.2) is 17.3 Å². The number of aromatic nitrogens is 2. The first kappa shape index (κ1) is 17.7. The molecule has 0 aliphatic carbocycles. The molecule has 1 heterocycles. The van der Waals surface area contributed by atoms with Crippen LogP contribution in [0.5, 0.6) is 11.5 Å². The molecule has 1 aromatic heterocycles. The molecule has 6 nitrogen and oxygen atoms in total. The fourth-order valence-electron chi connectivity index (χ4n) is 2.95. The molecule has 134 valence electrons. The van der Waals surface area contributed by atoms with Gasteiger partial charge in [0.05, 0.1) is 25.4 Å². The minimum atomic E-state index is -0.386. The van der Waals surface area contributed by atoms with Crippen LogP contribution in [0.25, 0.3) is 10.9 Å². The highest BCUT2D eigenvalue weighted by atomic mass is 16.5. The van der Waals surface area contributed by atoms with E-state index < -0.39 is 0 Å². The number of rotatable bonds is 6. The van der Waals surface area contributed by atoms with E-state index in [1.807, 2.05) is 18.2 Å². The van der Waals surface area contributed by atoms with Crippen LogP contribution in [0, 0.1) is 6.92 Å². The normalized spacial score (nSPS) is 10.7. The lowest BCUT2D eigenvalue weighted by molar-refractivity contribution is 0.0977. The predicted molar refractivity (Wildman–Crippen MR) is 99.2 cm³/mol. The summed E-state index contributed by atoms with van der Waals surface area (Å²) in [4.78, 5) is 28.9. The van der Waals surface area contributed by atoms with Crippen molar-refractivity contribution in [2.45, 2.75) is 19.9 Å². The van der Waals surface area contributed by atoms with Crippen LogP contribution < -0.4 is 15.2 Å². The number of ether oxygens (including phenoxy) is 2. The fraction of sp³-hybridized carbons (Fsp3) is 0.250. The lowest BCUT2D eigenvalue weighted by Gasteiger charge is -2.14. The molecule has 0 fully saturated rings. The van der Waals surface area contributed by atoms with E-state index in [9.17, 15) is 9.59 Å². The summed E-state index contributed by atoms with van der Waals surface area (Å²) in [6.07, 6.45) is 0.206. The number of Topliss-reactive ketones (excluding diaryl/α,β-unsaturated/α-hetero) is 1. The Hall–Kier alpha value is -3.15. The first-order valence-electron chi connectivity index (χ1n) is 8.26. The highest BCUT2D eigenvalue weighted by Gasteiger charge is 2.14. The van der Waals surface area contributed by atoms with Crippen LogP contribution in [0.2, 0.25) is 0 Å². The average Bonchev–Trinajstić information content (AvgIpc) is 2.67. The monoisotopic (exact) mass is 352 g/mol. The molecule has 0 bridgehead atoms. The zero-order valence-electron chi connectivity index (χ0n) is 15.0. The Labute approximate surface area is 151 Å². The molecule has 0 N–H and O–H groups in total. The van der Waals surface area contributed by atoms with E-state index in [2.05, 4.69) is 4.98 Å². The predicted octanol–water partition coefficient (Wildman–Crippen LogP) is 3.00. The van der Waals surface area contributed by atoms with Gasteiger partial charge in [-0.05, 0) is 13.0 Å². The van der Waals surface area contributed by atoms with Gasteiger partial charge in [-0.1, -0.05) is 30.3 Å². The molecule has 0 amide bonds. The topological polar surface area (TPSA) is 70.4 Å². The molecule has 0 saturated carbocycles. The standard InChI is InChI=1S/C20H20N2O4/c1-13-15-11-18(25-2)19(26-3)12-16(15)22(20(24)21-13)10-9-17(23)14-7-5-4-6-8-14/h4-8,11-12H,9-10H2,1-3H3. The second-order valence-corrected chi connectivity index (χ2v) is 5.89. The second kappa shape index (κ2) is 7.39. The van der Waals surface area contributed by atoms with E-state index in [0.29, 0.717) is 28.3 Å². The zero-order chi connectivity index (χ0) is 18.7. The molecule has 26 heavy (non-hydrogen) atoms. The smallest absolute Gasteiger partial charge is 0.348 e. The molecule has 6 heteroatoms. The highest BCUT2D eigenvalue weighted by Crippen LogP contribution is 2.32. The van der Waals surface area contributed by atoms with Crippen LogP contribution in [0.4, 0.5) is 0 Å². The third-order valence-electron chi connectivity index (χ3n) is 4.33. The number of nitrogens with zero attached hydrogens (tertiary/aromatic N) is 2. The highest BCUT2D eigenvalue weighted by molar-refractivity contribution is 5.96. The summed E-state index contributed by atoms with van der Waals surface area (Å²) in [6.45, 7) is 2.01. The van der Waals surface area contributed by atoms with E-state index in [0.717, 1.165) is 5.39 Å². The van der Waals surface area contributed by atoms with E-state index in [1.54, 1.807) is 45.4 Å². The van der Waals surface area contributed by atoms with Gasteiger partial charge in [-0.3, -0.25) is 9.36 Å². The molecular formula is C20H20N2O4. The van der Waals surface area contributed by atoms with Crippen molar-refractivity contribution >= 4 is 16.7 Å². The zero-order valence-corrected chi connectivity index (χ0v) is 15.0. The van der Waals surface area contributed by atoms with Gasteiger partial charge in [0.1, 0.15) is 0 Å². The van der Waals surface area contributed by atoms with Crippen LogP contribution >= 0.6 is 0 Å². The maximum Gasteiger partial charge on any atom is 0.348 e. The van der Waals surface area contributed by atoms with Crippen molar-refractivity contribution in [3.05, 3.63) is 64.2 Å². The third-order valence-corrected chi connectivity index (χ3v) is 4.33. The van der Waals surface area contributed by atoms with Crippen LogP contribution in [0.1, 0.15) is 22.5 Å². The Bertz CT molecular complexity index is 1010. The lowest BCUT2D eigenvalue weighted by Crippen LogP contribution is -2.25. The summed E-state index contributed by atoms with van der Waals surface area (Å²) in [5.74, 6) is 1.07. The Morgan fingerprint density at radius 3 is 2.38 bits per heavy atom. The molecule has 0 aliphatic heterocycles. The number of benzene rings is 2. The van der Waals surface area contributed by atoms with Crippen LogP contribution in [-0.4, -0.2) is 29.6 Å². The van der Waals surface area contributed by atoms with E-state index in [-0.39, 0.29) is 24.4 Å². The van der Waals surface area contributed by atoms with Crippen molar-refractivity contribution < 1.29 is 14.3 Å². The number of fused-ring (bicyclic) bond motifs is 1. The van der Waals surface area contributed by atoms with Crippen LogP contribution in [0.15, 0.2) is 47.3 Å². The quantitative estimate of drug-likeness (QED) is 0.638. The van der Waals surface area contributed by atoms with Gasteiger partial charge < -0.3 is 9.47 Å². The van der Waals surface area contributed by atoms with Crippen molar-refractivity contribution in [1.29, 1.82) is 0 Å². The Morgan fingerprint density at radius 1 is 1.08 bits per heavy atom. The Balaban J connectivity index is 2.02. The second-order valence-electron chi connectivity index (χ2n) is 5.89. The molecule has 0 radical (unpaired) electrons. The minimum absolute atomic E-state index is 0.0216. The van der Waals surface area contributed by atoms with Crippen LogP contribution in [0.3, 0.4) is 0 Å². The Morgan fingerprint density at radius 2 is 1.73 bits per heavy atom. The first-order valence-corrected chi connectivity index (χ1v) is 8.26. The van der Waals surface area contributed by atoms with Gasteiger partial charge in [-0.15, -0.1) is 0 Å². The molecule has 3 rings (SSSR count). The van der Waals surface area contributed by atoms with E-state index >= 15 is 0 Å². The lowest BCUT2D eigenvalue weighted by atomic mass is 10.1. The summed E-state index contributed by atoms with van der Waals surface area (Å²) < 4.78 is 12.2. The molecule has 2 aromatic carbocycles. The summed E-state index contributed by atoms with van der Waals surface area (Å²) >= 11 is 0. The number of hydrogen-bond donors (Lipinski definition) is 0. The van der Waals surface area contributed by atoms with Gasteiger partial charge in [0.2, 0.25) is 0 Å². The average molecular weight is 352 g/mol. The van der Waals surface area contributed by atoms with Crippen molar-refractivity contribution in [3.8, 4) is 11.5 Å². The maximum absolute atomic E-state index is 12.4. The van der Waals surface area contributed by atoms with E-state index in [1.165, 1.54) is 4.57 Å². The van der Waals surface area contributed by atoms with Crippen molar-refractivity contribution in [1.82, 2.24) is 9.55 Å². The molecule has 0 aliphatic rings. The summed E-state index contributed by atoms with van der Waals surface area (Å²) in [5.41, 5.74) is 1.52. The van der Waals surface area contributed by atoms with Gasteiger partial charge >= 0.3 is 5.69 Å². The molecule has 0 saturated heterocycles. The van der Waals surface area contributed by atoms with Gasteiger partial charge in [0.25, 0.3) is 0 Å². The van der Waals surface area contributed by atoms with Gasteiger partial charge in [-0.25, -0.2) is 4.79 Å². The third kappa shape index (κ3) is 3.31. The molecular weight excluding hydrogens is 332 g/mol. The number of carbonyl (C=O) groups excluding carboxylic acids is 1. The summed E-state index contributed by atoms with van der Waals surface area (Å²) in [5, 5.41) is 0.786. The number of hydrogen-bond acceptors (Lipinski definition) is 5. The number of carbonyl (C=O) groups is 1. The molecule has 0 atom stereocenters. The maximum atomic E-state index is 12.4. The van der Waals surface area contributed by atoms with Gasteiger partial charge in [-0.2, -0.15) is 4.98 Å². The SMILES string of the molecule is COc1cc2c(C)nc(=O)n(CCC(=O)c3ccccc3)c2cc1OC. The van der Waals surface area contributed by atoms with Crippen molar-refractivity contribution in [3.63, 3.8) is 0 Å². The number of methoxy groups -OCH3 is 2. The first-order chi connectivity index (χ1) is 12.5. The molecule has 3 aromatic rings. The van der Waals surface area contributed by atoms with Crippen molar-refractivity contribution in [2.24, 2.45) is 0 Å². The van der Waals surface area contributed by atoms with Gasteiger partial charge in [0, 0.05) is 30.0 Å². The Kier molecular flexibility index (Phi) is 5.02. The van der Waals surface area contributed by atoms with Crippen molar-refractivity contribution in [2.75, 3.05) is 14.2 Å². The molecule has 0 spiro atoms. The fourth-order valence-corrected chi connectivity index (χ4v) is 2.95. The summed E-state index contributed by atoms with van der Waals surface area (Å²) in [6, 6.07) is 12.6. The van der Waals surface area contributed by atoms with E-state index in [4.69, 9.17) is 9.47 Å². The molecule has 0 unspecified atom stereocenters. The summed E-state index contributed by atoms with van der Waals surface area (Å²) in [7, 11) is 3.10. The largest absolute Gasteiger partial charge is 0.493 e.